The number of rotatable bonds is 7. The van der Waals surface area contributed by atoms with Gasteiger partial charge in [-0.15, -0.1) is 0 Å². The Balaban J connectivity index is 2.88. The van der Waals surface area contributed by atoms with E-state index in [9.17, 15) is 4.79 Å². The number of carboxylic acids is 1. The van der Waals surface area contributed by atoms with Crippen molar-refractivity contribution >= 4 is 11.8 Å². The lowest BCUT2D eigenvalue weighted by Crippen LogP contribution is -2.29. The molecule has 0 aliphatic carbocycles. The molecule has 0 aliphatic rings. The highest BCUT2D eigenvalue weighted by molar-refractivity contribution is 5.77. The average Bonchev–Trinajstić information content (AvgIpc) is 2.33. The Labute approximate surface area is 106 Å². The molecular formula is C12H19N3O3. The summed E-state index contributed by atoms with van der Waals surface area (Å²) in [4.78, 5) is 19.1. The molecule has 18 heavy (non-hydrogen) atoms. The molecule has 0 radical (unpaired) electrons. The van der Waals surface area contributed by atoms with Crippen LogP contribution in [0.4, 0.5) is 5.82 Å². The van der Waals surface area contributed by atoms with E-state index in [1.165, 1.54) is 6.33 Å². The number of ether oxygens (including phenoxy) is 1. The molecule has 100 valence electrons. The maximum Gasteiger partial charge on any atom is 0.326 e. The number of hydrogen-bond donors (Lipinski definition) is 2. The summed E-state index contributed by atoms with van der Waals surface area (Å²) >= 11 is 0. The van der Waals surface area contributed by atoms with Crippen molar-refractivity contribution in [2.24, 2.45) is 0 Å². The van der Waals surface area contributed by atoms with Crippen LogP contribution in [0.3, 0.4) is 0 Å². The van der Waals surface area contributed by atoms with Gasteiger partial charge in [-0.25, -0.2) is 14.8 Å². The molecule has 6 heteroatoms. The second kappa shape index (κ2) is 6.78. The number of hydrogen-bond acceptors (Lipinski definition) is 5. The van der Waals surface area contributed by atoms with Gasteiger partial charge in [0.1, 0.15) is 18.2 Å². The van der Waals surface area contributed by atoms with E-state index in [0.29, 0.717) is 24.7 Å². The monoisotopic (exact) mass is 253 g/mol. The van der Waals surface area contributed by atoms with Crippen LogP contribution in [0.15, 0.2) is 6.33 Å². The second-order valence-corrected chi connectivity index (χ2v) is 3.91. The Morgan fingerprint density at radius 1 is 1.50 bits per heavy atom. The number of aliphatic carboxylic acids is 1. The zero-order valence-electron chi connectivity index (χ0n) is 10.9. The Morgan fingerprint density at radius 2 is 2.22 bits per heavy atom. The average molecular weight is 253 g/mol. The molecule has 2 N–H and O–H groups in total. The molecule has 1 atom stereocenters. The maximum absolute atomic E-state index is 11.1. The van der Waals surface area contributed by atoms with Gasteiger partial charge in [0.15, 0.2) is 0 Å². The summed E-state index contributed by atoms with van der Waals surface area (Å²) < 4.78 is 5.34. The third-order valence-corrected chi connectivity index (χ3v) is 2.51. The second-order valence-electron chi connectivity index (χ2n) is 3.91. The van der Waals surface area contributed by atoms with Gasteiger partial charge in [0.2, 0.25) is 5.88 Å². The summed E-state index contributed by atoms with van der Waals surface area (Å²) in [7, 11) is 0. The predicted molar refractivity (Wildman–Crippen MR) is 67.9 cm³/mol. The van der Waals surface area contributed by atoms with Crippen LogP contribution in [0.2, 0.25) is 0 Å². The molecule has 0 amide bonds. The lowest BCUT2D eigenvalue weighted by Gasteiger charge is -2.16. The van der Waals surface area contributed by atoms with Crippen molar-refractivity contribution in [3.8, 4) is 5.88 Å². The van der Waals surface area contributed by atoms with Gasteiger partial charge in [0.25, 0.3) is 0 Å². The molecule has 1 heterocycles. The number of anilines is 1. The minimum atomic E-state index is -0.882. The minimum absolute atomic E-state index is 0.482. The highest BCUT2D eigenvalue weighted by Crippen LogP contribution is 2.21. The molecule has 0 saturated carbocycles. The lowest BCUT2D eigenvalue weighted by atomic mass is 10.1. The van der Waals surface area contributed by atoms with Crippen LogP contribution in [0.1, 0.15) is 32.3 Å². The third-order valence-electron chi connectivity index (χ3n) is 2.51. The van der Waals surface area contributed by atoms with Gasteiger partial charge in [-0.1, -0.05) is 13.3 Å². The summed E-state index contributed by atoms with van der Waals surface area (Å²) in [5.74, 6) is 0.109. The van der Waals surface area contributed by atoms with E-state index >= 15 is 0 Å². The number of carbonyl (C=O) groups is 1. The van der Waals surface area contributed by atoms with Crippen LogP contribution in [-0.2, 0) is 4.79 Å². The molecule has 0 bridgehead atoms. The van der Waals surface area contributed by atoms with Gasteiger partial charge >= 0.3 is 5.97 Å². The fourth-order valence-corrected chi connectivity index (χ4v) is 1.57. The molecule has 0 spiro atoms. The van der Waals surface area contributed by atoms with E-state index in [0.717, 1.165) is 12.0 Å². The largest absolute Gasteiger partial charge is 0.480 e. The topological polar surface area (TPSA) is 84.3 Å². The van der Waals surface area contributed by atoms with Gasteiger partial charge in [0.05, 0.1) is 12.2 Å². The Bertz CT molecular complexity index is 410. The molecule has 1 rings (SSSR count). The van der Waals surface area contributed by atoms with E-state index in [4.69, 9.17) is 9.84 Å². The smallest absolute Gasteiger partial charge is 0.326 e. The first-order valence-electron chi connectivity index (χ1n) is 6.03. The SMILES string of the molecule is CCCC(Nc1ncnc(OCC)c1C)C(=O)O. The highest BCUT2D eigenvalue weighted by Gasteiger charge is 2.18. The van der Waals surface area contributed by atoms with Gasteiger partial charge in [-0.3, -0.25) is 0 Å². The summed E-state index contributed by atoms with van der Waals surface area (Å²) in [6.45, 7) is 6.12. The summed E-state index contributed by atoms with van der Waals surface area (Å²) in [5.41, 5.74) is 0.724. The highest BCUT2D eigenvalue weighted by atomic mass is 16.5. The van der Waals surface area contributed by atoms with E-state index in [1.54, 1.807) is 6.92 Å². The van der Waals surface area contributed by atoms with Gasteiger partial charge in [-0.2, -0.15) is 0 Å². The van der Waals surface area contributed by atoms with Crippen LogP contribution in [0.25, 0.3) is 0 Å². The number of aromatic nitrogens is 2. The Hall–Kier alpha value is -1.85. The van der Waals surface area contributed by atoms with Gasteiger partial charge in [0, 0.05) is 0 Å². The first kappa shape index (κ1) is 14.2. The Morgan fingerprint density at radius 3 is 2.78 bits per heavy atom. The molecule has 6 nitrogen and oxygen atoms in total. The molecular weight excluding hydrogens is 234 g/mol. The van der Waals surface area contributed by atoms with Crippen LogP contribution >= 0.6 is 0 Å². The molecule has 1 aromatic heterocycles. The summed E-state index contributed by atoms with van der Waals surface area (Å²) in [5, 5.41) is 12.0. The van der Waals surface area contributed by atoms with E-state index in [-0.39, 0.29) is 0 Å². The molecule has 0 aliphatic heterocycles. The predicted octanol–water partition coefficient (Wildman–Crippen LogP) is 1.85. The van der Waals surface area contributed by atoms with Gasteiger partial charge in [-0.05, 0) is 20.3 Å². The van der Waals surface area contributed by atoms with Crippen molar-refractivity contribution in [3.05, 3.63) is 11.9 Å². The molecule has 0 fully saturated rings. The Kier molecular flexibility index (Phi) is 5.35. The van der Waals surface area contributed by atoms with Crippen molar-refractivity contribution in [1.29, 1.82) is 0 Å². The molecule has 0 aromatic carbocycles. The first-order chi connectivity index (χ1) is 8.60. The number of nitrogens with one attached hydrogen (secondary N) is 1. The zero-order valence-corrected chi connectivity index (χ0v) is 10.9. The van der Waals surface area contributed by atoms with Crippen LogP contribution < -0.4 is 10.1 Å². The van der Waals surface area contributed by atoms with Crippen LogP contribution in [0.5, 0.6) is 5.88 Å². The van der Waals surface area contributed by atoms with Crippen LogP contribution in [-0.4, -0.2) is 33.7 Å². The van der Waals surface area contributed by atoms with Crippen molar-refractivity contribution in [2.45, 2.75) is 39.7 Å². The van der Waals surface area contributed by atoms with Crippen LogP contribution in [0, 0.1) is 6.92 Å². The van der Waals surface area contributed by atoms with Gasteiger partial charge < -0.3 is 15.2 Å². The standard InChI is InChI=1S/C12H19N3O3/c1-4-6-9(12(16)17)15-10-8(3)11(18-5-2)14-7-13-10/h7,9H,4-6H2,1-3H3,(H,16,17)(H,13,14,15). The third kappa shape index (κ3) is 3.58. The van der Waals surface area contributed by atoms with Crippen molar-refractivity contribution in [3.63, 3.8) is 0 Å². The van der Waals surface area contributed by atoms with E-state index in [2.05, 4.69) is 15.3 Å². The van der Waals surface area contributed by atoms with E-state index < -0.39 is 12.0 Å². The van der Waals surface area contributed by atoms with E-state index in [1.807, 2.05) is 13.8 Å². The van der Waals surface area contributed by atoms with Crippen molar-refractivity contribution in [1.82, 2.24) is 9.97 Å². The fourth-order valence-electron chi connectivity index (χ4n) is 1.57. The van der Waals surface area contributed by atoms with Crippen molar-refractivity contribution in [2.75, 3.05) is 11.9 Å². The fraction of sp³-hybridized carbons (Fsp3) is 0.583. The lowest BCUT2D eigenvalue weighted by molar-refractivity contribution is -0.138. The molecule has 1 unspecified atom stereocenters. The zero-order chi connectivity index (χ0) is 13.5. The minimum Gasteiger partial charge on any atom is -0.480 e. The normalized spacial score (nSPS) is 11.9. The number of nitrogens with zero attached hydrogens (tertiary/aromatic N) is 2. The van der Waals surface area contributed by atoms with Crippen molar-refractivity contribution < 1.29 is 14.6 Å². The first-order valence-corrected chi connectivity index (χ1v) is 6.03. The molecule has 0 saturated heterocycles. The molecule has 1 aromatic rings. The maximum atomic E-state index is 11.1. The summed E-state index contributed by atoms with van der Waals surface area (Å²) in [6, 6.07) is -0.641. The quantitative estimate of drug-likeness (QED) is 0.771. The number of carboxylic acid groups (broad SMARTS) is 1. The summed E-state index contributed by atoms with van der Waals surface area (Å²) in [6.07, 6.45) is 2.69.